The van der Waals surface area contributed by atoms with Crippen LogP contribution in [0.5, 0.6) is 0 Å². The number of alkyl carbamates (subject to hydrolysis) is 2. The van der Waals surface area contributed by atoms with Crippen molar-refractivity contribution < 1.29 is 52.8 Å². The van der Waals surface area contributed by atoms with Gasteiger partial charge in [0.05, 0.1) is 26.2 Å². The van der Waals surface area contributed by atoms with Gasteiger partial charge in [-0.25, -0.2) is 14.4 Å². The second-order valence-corrected chi connectivity index (χ2v) is 18.5. The number of carboxylic acid groups (broad SMARTS) is 1. The fourth-order valence-electron chi connectivity index (χ4n) is 7.30. The number of H-pyrrole nitrogens is 2. The molecule has 0 saturated heterocycles. The van der Waals surface area contributed by atoms with Crippen LogP contribution in [0.3, 0.4) is 0 Å². The zero-order valence-corrected chi connectivity index (χ0v) is 40.5. The molecule has 0 fully saturated rings. The molecular formula is C53H65N5O11. The lowest BCUT2D eigenvalue weighted by Gasteiger charge is -2.30. The molecule has 0 saturated carbocycles. The van der Waals surface area contributed by atoms with Crippen LogP contribution in [0.4, 0.5) is 9.59 Å². The van der Waals surface area contributed by atoms with Crippen LogP contribution in [0.2, 0.25) is 0 Å². The predicted octanol–water partition coefficient (Wildman–Crippen LogP) is 8.42. The first-order valence-electron chi connectivity index (χ1n) is 22.4. The summed E-state index contributed by atoms with van der Waals surface area (Å²) in [4.78, 5) is 78.6. The van der Waals surface area contributed by atoms with Gasteiger partial charge in [-0.1, -0.05) is 139 Å². The lowest BCUT2D eigenvalue weighted by atomic mass is 9.81. The first kappa shape index (κ1) is 54.1. The number of fused-ring (bicyclic) bond motifs is 2. The molecule has 6 rings (SSSR count). The van der Waals surface area contributed by atoms with Gasteiger partial charge in [0.2, 0.25) is 0 Å². The van der Waals surface area contributed by atoms with Crippen LogP contribution in [-0.4, -0.2) is 83.3 Å². The third-order valence-corrected chi connectivity index (χ3v) is 11.0. The van der Waals surface area contributed by atoms with Gasteiger partial charge in [0.1, 0.15) is 25.3 Å². The molecule has 2 unspecified atom stereocenters. The number of amides is 2. The summed E-state index contributed by atoms with van der Waals surface area (Å²) < 4.78 is 19.9. The van der Waals surface area contributed by atoms with Gasteiger partial charge < -0.3 is 50.4 Å². The molecule has 2 heterocycles. The van der Waals surface area contributed by atoms with Gasteiger partial charge >= 0.3 is 30.1 Å². The Balaban J connectivity index is 0.000000249. The van der Waals surface area contributed by atoms with E-state index in [2.05, 4.69) is 25.3 Å². The van der Waals surface area contributed by atoms with Gasteiger partial charge in [-0.15, -0.1) is 0 Å². The molecule has 0 aliphatic rings. The standard InChI is InChI=1S/C27H32N2O5.C14H19NO4.C12H14N2O2/c1-27(2,3)24(29-26(32)34-17-18-10-6-5-7-11-18)23(30)15-19(25(31)33-4)14-20-16-28-22-13-9-8-12-21(20)22;1-14(2,3)11(12(16)17)15-13(18)19-9-10-7-5-4-6-8-10;1-16-12(15)10(13)6-8-7-14-11-5-3-2-4-9(8)11/h5-13,16,19,24,28H,14-15,17H2,1-4H3,(H,29,32);4-8,11H,9H2,1-3H3,(H,15,18)(H,16,17);2-5,7,10,14H,6,13H2,1H3/t19?,24-;11-;/m11./s1. The highest BCUT2D eigenvalue weighted by Gasteiger charge is 2.36. The molecule has 7 N–H and O–H groups in total. The second kappa shape index (κ2) is 25.6. The van der Waals surface area contributed by atoms with E-state index in [9.17, 15) is 28.8 Å². The zero-order chi connectivity index (χ0) is 50.7. The van der Waals surface area contributed by atoms with Crippen LogP contribution in [0.15, 0.2) is 122 Å². The maximum atomic E-state index is 13.3. The molecule has 4 aromatic carbocycles. The van der Waals surface area contributed by atoms with E-state index < -0.39 is 59.0 Å². The van der Waals surface area contributed by atoms with Crippen molar-refractivity contribution in [2.75, 3.05) is 14.2 Å². The Kier molecular flexibility index (Phi) is 20.1. The molecule has 2 aromatic heterocycles. The van der Waals surface area contributed by atoms with E-state index in [1.165, 1.54) is 14.2 Å². The fraction of sp³-hybridized carbons (Fsp3) is 0.358. The second-order valence-electron chi connectivity index (χ2n) is 18.5. The Morgan fingerprint density at radius 2 is 0.986 bits per heavy atom. The highest BCUT2D eigenvalue weighted by atomic mass is 16.6. The van der Waals surface area contributed by atoms with Gasteiger partial charge in [-0.2, -0.15) is 0 Å². The van der Waals surface area contributed by atoms with Gasteiger partial charge in [0.25, 0.3) is 0 Å². The van der Waals surface area contributed by atoms with E-state index in [4.69, 9.17) is 25.1 Å². The quantitative estimate of drug-likeness (QED) is 0.0396. The van der Waals surface area contributed by atoms with Gasteiger partial charge in [0.15, 0.2) is 5.78 Å². The van der Waals surface area contributed by atoms with E-state index >= 15 is 0 Å². The normalized spacial score (nSPS) is 12.9. The largest absolute Gasteiger partial charge is 0.480 e. The molecule has 0 aliphatic heterocycles. The number of carbonyl (C=O) groups excluding carboxylic acids is 5. The molecule has 0 aliphatic carbocycles. The number of Topliss-reactive ketones (excluding diaryl/α,β-unsaturated/α-hetero) is 1. The van der Waals surface area contributed by atoms with Crippen molar-refractivity contribution in [1.82, 2.24) is 20.6 Å². The fourth-order valence-corrected chi connectivity index (χ4v) is 7.30. The van der Waals surface area contributed by atoms with Crippen molar-refractivity contribution in [2.45, 2.75) is 92.1 Å². The Labute approximate surface area is 402 Å². The summed E-state index contributed by atoms with van der Waals surface area (Å²) in [6.07, 6.45) is 3.09. The molecular weight excluding hydrogens is 883 g/mol. The minimum atomic E-state index is -1.08. The number of hydrogen-bond donors (Lipinski definition) is 6. The van der Waals surface area contributed by atoms with E-state index in [0.717, 1.165) is 44.1 Å². The number of aliphatic carboxylic acids is 1. The predicted molar refractivity (Wildman–Crippen MR) is 263 cm³/mol. The first-order chi connectivity index (χ1) is 32.7. The molecule has 4 atom stereocenters. The van der Waals surface area contributed by atoms with Crippen molar-refractivity contribution >= 4 is 57.7 Å². The van der Waals surface area contributed by atoms with Gasteiger partial charge in [-0.05, 0) is 51.6 Å². The number of rotatable bonds is 16. The minimum Gasteiger partial charge on any atom is -0.480 e. The number of benzene rings is 4. The molecule has 0 radical (unpaired) electrons. The average Bonchev–Trinajstić information content (AvgIpc) is 3.94. The van der Waals surface area contributed by atoms with Gasteiger partial charge in [0, 0.05) is 47.0 Å². The Morgan fingerprint density at radius 1 is 0.580 bits per heavy atom. The van der Waals surface area contributed by atoms with Crippen molar-refractivity contribution in [2.24, 2.45) is 22.5 Å². The van der Waals surface area contributed by atoms with E-state index in [1.54, 1.807) is 20.8 Å². The molecule has 16 heteroatoms. The van der Waals surface area contributed by atoms with Crippen molar-refractivity contribution in [3.8, 4) is 0 Å². The van der Waals surface area contributed by atoms with Crippen LogP contribution in [-0.2, 0) is 64.2 Å². The van der Waals surface area contributed by atoms with E-state index in [-0.39, 0.29) is 31.4 Å². The Morgan fingerprint density at radius 3 is 1.41 bits per heavy atom. The first-order valence-corrected chi connectivity index (χ1v) is 22.4. The van der Waals surface area contributed by atoms with Crippen molar-refractivity contribution in [3.63, 3.8) is 0 Å². The summed E-state index contributed by atoms with van der Waals surface area (Å²) in [6.45, 7) is 11.0. The SMILES string of the molecule is CC(C)(C)[C@H](NC(=O)OCc1ccccc1)C(=O)O.COC(=O)C(CC(=O)[C@@H](NC(=O)OCc1ccccc1)C(C)(C)C)Cc1c[nH]c2ccccc12.COC(=O)C(N)Cc1c[nH]c2ccccc12. The third-order valence-electron chi connectivity index (χ3n) is 11.0. The number of hydrogen-bond acceptors (Lipinski definition) is 11. The molecule has 69 heavy (non-hydrogen) atoms. The zero-order valence-electron chi connectivity index (χ0n) is 40.5. The van der Waals surface area contributed by atoms with Crippen LogP contribution in [0.1, 0.15) is 70.2 Å². The summed E-state index contributed by atoms with van der Waals surface area (Å²) >= 11 is 0. The Hall–Kier alpha value is -7.46. The van der Waals surface area contributed by atoms with Crippen molar-refractivity contribution in [1.29, 1.82) is 0 Å². The highest BCUT2D eigenvalue weighted by Crippen LogP contribution is 2.27. The van der Waals surface area contributed by atoms with Gasteiger partial charge in [-0.3, -0.25) is 14.4 Å². The number of methoxy groups -OCH3 is 2. The summed E-state index contributed by atoms with van der Waals surface area (Å²) in [5.74, 6) is -2.85. The summed E-state index contributed by atoms with van der Waals surface area (Å²) in [5.41, 5.74) is 10.2. The lowest BCUT2D eigenvalue weighted by molar-refractivity contribution is -0.147. The molecule has 6 aromatic rings. The van der Waals surface area contributed by atoms with E-state index in [1.807, 2.05) is 142 Å². The van der Waals surface area contributed by atoms with Crippen LogP contribution >= 0.6 is 0 Å². The molecule has 0 spiro atoms. The summed E-state index contributed by atoms with van der Waals surface area (Å²) in [7, 11) is 2.66. The average molecular weight is 948 g/mol. The Bertz CT molecular complexity index is 2610. The van der Waals surface area contributed by atoms with E-state index in [0.29, 0.717) is 12.8 Å². The lowest BCUT2D eigenvalue weighted by Crippen LogP contribution is -2.50. The topological polar surface area (TPSA) is 241 Å². The third kappa shape index (κ3) is 17.0. The number of aromatic amines is 2. The van der Waals surface area contributed by atoms with Crippen LogP contribution < -0.4 is 16.4 Å². The monoisotopic (exact) mass is 947 g/mol. The summed E-state index contributed by atoms with van der Waals surface area (Å²) in [5, 5.41) is 16.2. The minimum absolute atomic E-state index is 0.0624. The van der Waals surface area contributed by atoms with Crippen molar-refractivity contribution in [3.05, 3.63) is 144 Å². The molecule has 2 amide bonds. The number of nitrogens with two attached hydrogens (primary N) is 1. The smallest absolute Gasteiger partial charge is 0.408 e. The number of aromatic nitrogens is 2. The number of ether oxygens (including phenoxy) is 4. The maximum Gasteiger partial charge on any atom is 0.408 e. The van der Waals surface area contributed by atoms with Crippen LogP contribution in [0, 0.1) is 16.7 Å². The molecule has 16 nitrogen and oxygen atoms in total. The number of ketones is 1. The number of nitrogens with one attached hydrogen (secondary N) is 4. The number of carboxylic acids is 1. The van der Waals surface area contributed by atoms with Crippen LogP contribution in [0.25, 0.3) is 21.8 Å². The number of para-hydroxylation sites is 2. The molecule has 368 valence electrons. The number of carbonyl (C=O) groups is 6. The highest BCUT2D eigenvalue weighted by molar-refractivity contribution is 5.92. The maximum absolute atomic E-state index is 13.3. The summed E-state index contributed by atoms with van der Waals surface area (Å²) in [6, 6.07) is 31.8. The molecule has 0 bridgehead atoms. The number of esters is 2.